The van der Waals surface area contributed by atoms with E-state index in [1.54, 1.807) is 12.3 Å². The summed E-state index contributed by atoms with van der Waals surface area (Å²) in [6.07, 6.45) is 6.73. The number of amidine groups is 1. The van der Waals surface area contributed by atoms with Crippen molar-refractivity contribution in [2.45, 2.75) is 38.6 Å². The number of nitrogens with zero attached hydrogens (tertiary/aromatic N) is 3. The SMILES string of the molecule is CCCCN(c1ccc(/C(N)=N/O)nc1)C1CC1. The van der Waals surface area contributed by atoms with Crippen molar-refractivity contribution in [2.24, 2.45) is 10.9 Å². The van der Waals surface area contributed by atoms with E-state index in [9.17, 15) is 0 Å². The number of unbranched alkanes of at least 4 members (excludes halogenated alkanes) is 1. The van der Waals surface area contributed by atoms with Gasteiger partial charge in [-0.2, -0.15) is 0 Å². The van der Waals surface area contributed by atoms with Crippen molar-refractivity contribution >= 4 is 11.5 Å². The molecule has 0 spiro atoms. The van der Waals surface area contributed by atoms with Crippen LogP contribution in [0, 0.1) is 0 Å². The van der Waals surface area contributed by atoms with Gasteiger partial charge in [0.15, 0.2) is 5.84 Å². The fourth-order valence-electron chi connectivity index (χ4n) is 2.00. The number of hydrogen-bond acceptors (Lipinski definition) is 4. The highest BCUT2D eigenvalue weighted by Crippen LogP contribution is 2.31. The molecule has 3 N–H and O–H groups in total. The zero-order valence-electron chi connectivity index (χ0n) is 10.7. The van der Waals surface area contributed by atoms with Gasteiger partial charge in [-0.25, -0.2) is 0 Å². The number of anilines is 1. The van der Waals surface area contributed by atoms with Crippen molar-refractivity contribution < 1.29 is 5.21 Å². The molecule has 1 aliphatic carbocycles. The molecule has 18 heavy (non-hydrogen) atoms. The molecule has 0 saturated heterocycles. The van der Waals surface area contributed by atoms with Gasteiger partial charge in [-0.3, -0.25) is 4.98 Å². The maximum absolute atomic E-state index is 8.59. The van der Waals surface area contributed by atoms with Gasteiger partial charge in [0, 0.05) is 12.6 Å². The fraction of sp³-hybridized carbons (Fsp3) is 0.538. The van der Waals surface area contributed by atoms with Gasteiger partial charge in [0.25, 0.3) is 0 Å². The molecule has 1 aliphatic rings. The third-order valence-corrected chi connectivity index (χ3v) is 3.19. The molecule has 1 aromatic rings. The summed E-state index contributed by atoms with van der Waals surface area (Å²) in [7, 11) is 0. The van der Waals surface area contributed by atoms with Crippen molar-refractivity contribution in [1.82, 2.24) is 4.98 Å². The number of oxime groups is 1. The highest BCUT2D eigenvalue weighted by atomic mass is 16.4. The Balaban J connectivity index is 2.10. The van der Waals surface area contributed by atoms with Crippen LogP contribution in [0.3, 0.4) is 0 Å². The Morgan fingerprint density at radius 3 is 2.83 bits per heavy atom. The summed E-state index contributed by atoms with van der Waals surface area (Å²) in [6.45, 7) is 3.27. The lowest BCUT2D eigenvalue weighted by atomic mass is 10.2. The zero-order chi connectivity index (χ0) is 13.0. The minimum absolute atomic E-state index is 0.0491. The van der Waals surface area contributed by atoms with Gasteiger partial charge >= 0.3 is 0 Å². The maximum Gasteiger partial charge on any atom is 0.188 e. The van der Waals surface area contributed by atoms with Crippen molar-refractivity contribution in [3.63, 3.8) is 0 Å². The molecule has 1 aromatic heterocycles. The number of hydrogen-bond donors (Lipinski definition) is 2. The van der Waals surface area contributed by atoms with Crippen LogP contribution in [-0.4, -0.2) is 28.6 Å². The van der Waals surface area contributed by atoms with E-state index in [1.165, 1.54) is 25.7 Å². The van der Waals surface area contributed by atoms with Crippen LogP contribution in [0.15, 0.2) is 23.5 Å². The Hall–Kier alpha value is -1.78. The molecule has 0 aromatic carbocycles. The molecule has 0 bridgehead atoms. The first-order valence-corrected chi connectivity index (χ1v) is 6.47. The molecule has 0 aliphatic heterocycles. The molecule has 1 fully saturated rings. The van der Waals surface area contributed by atoms with Gasteiger partial charge in [0.2, 0.25) is 0 Å². The smallest absolute Gasteiger partial charge is 0.188 e. The first-order valence-electron chi connectivity index (χ1n) is 6.47. The second-order valence-electron chi connectivity index (χ2n) is 4.67. The van der Waals surface area contributed by atoms with Crippen LogP contribution in [0.4, 0.5) is 5.69 Å². The van der Waals surface area contributed by atoms with Crippen LogP contribution in [0.1, 0.15) is 38.3 Å². The van der Waals surface area contributed by atoms with Crippen molar-refractivity contribution in [1.29, 1.82) is 0 Å². The van der Waals surface area contributed by atoms with Gasteiger partial charge in [-0.05, 0) is 31.4 Å². The summed E-state index contributed by atoms with van der Waals surface area (Å²) in [4.78, 5) is 6.64. The second kappa shape index (κ2) is 5.71. The maximum atomic E-state index is 8.59. The van der Waals surface area contributed by atoms with Crippen LogP contribution in [0.5, 0.6) is 0 Å². The fourth-order valence-corrected chi connectivity index (χ4v) is 2.00. The topological polar surface area (TPSA) is 74.7 Å². The first-order chi connectivity index (χ1) is 8.76. The number of rotatable bonds is 6. The first kappa shape index (κ1) is 12.7. The van der Waals surface area contributed by atoms with E-state index in [-0.39, 0.29) is 5.84 Å². The summed E-state index contributed by atoms with van der Waals surface area (Å²) in [5.41, 5.74) is 7.13. The lowest BCUT2D eigenvalue weighted by molar-refractivity contribution is 0.318. The third-order valence-electron chi connectivity index (χ3n) is 3.19. The summed E-state index contributed by atoms with van der Waals surface area (Å²) < 4.78 is 0. The predicted octanol–water partition coefficient (Wildman–Crippen LogP) is 1.95. The van der Waals surface area contributed by atoms with E-state index in [1.807, 2.05) is 6.07 Å². The highest BCUT2D eigenvalue weighted by Gasteiger charge is 2.28. The molecule has 0 radical (unpaired) electrons. The average Bonchev–Trinajstić information content (AvgIpc) is 3.24. The standard InChI is InChI=1S/C13H20N4O/c1-2-3-8-17(10-4-5-10)11-6-7-12(15-9-11)13(14)16-18/h6-7,9-10,18H,2-5,8H2,1H3,(H2,14,16). The van der Waals surface area contributed by atoms with E-state index in [0.717, 1.165) is 12.2 Å². The van der Waals surface area contributed by atoms with Crippen molar-refractivity contribution in [2.75, 3.05) is 11.4 Å². The van der Waals surface area contributed by atoms with Crippen LogP contribution < -0.4 is 10.6 Å². The lowest BCUT2D eigenvalue weighted by Gasteiger charge is -2.24. The van der Waals surface area contributed by atoms with Gasteiger partial charge in [-0.15, -0.1) is 0 Å². The van der Waals surface area contributed by atoms with Crippen LogP contribution in [0.25, 0.3) is 0 Å². The monoisotopic (exact) mass is 248 g/mol. The number of nitrogens with two attached hydrogens (primary N) is 1. The van der Waals surface area contributed by atoms with E-state index in [4.69, 9.17) is 10.9 Å². The van der Waals surface area contributed by atoms with E-state index >= 15 is 0 Å². The quantitative estimate of drug-likeness (QED) is 0.349. The molecule has 0 atom stereocenters. The Bertz CT molecular complexity index is 412. The van der Waals surface area contributed by atoms with Crippen LogP contribution >= 0.6 is 0 Å². The number of pyridine rings is 1. The average molecular weight is 248 g/mol. The largest absolute Gasteiger partial charge is 0.409 e. The summed E-state index contributed by atoms with van der Waals surface area (Å²) in [6, 6.07) is 4.47. The second-order valence-corrected chi connectivity index (χ2v) is 4.67. The minimum atomic E-state index is 0.0491. The Kier molecular flexibility index (Phi) is 4.02. The van der Waals surface area contributed by atoms with Crippen molar-refractivity contribution in [3.05, 3.63) is 24.0 Å². The molecule has 2 rings (SSSR count). The molecular formula is C13H20N4O. The van der Waals surface area contributed by atoms with Crippen molar-refractivity contribution in [3.8, 4) is 0 Å². The summed E-state index contributed by atoms with van der Waals surface area (Å²) in [5, 5.41) is 11.5. The normalized spacial score (nSPS) is 15.7. The molecule has 0 amide bonds. The molecule has 98 valence electrons. The Morgan fingerprint density at radius 2 is 2.33 bits per heavy atom. The summed E-state index contributed by atoms with van der Waals surface area (Å²) in [5.74, 6) is 0.0491. The predicted molar refractivity (Wildman–Crippen MR) is 72.0 cm³/mol. The molecule has 5 heteroatoms. The molecule has 0 unspecified atom stereocenters. The third kappa shape index (κ3) is 2.91. The Labute approximate surface area is 107 Å². The molecule has 1 saturated carbocycles. The summed E-state index contributed by atoms with van der Waals surface area (Å²) >= 11 is 0. The lowest BCUT2D eigenvalue weighted by Crippen LogP contribution is -2.27. The van der Waals surface area contributed by atoms with Crippen LogP contribution in [0.2, 0.25) is 0 Å². The van der Waals surface area contributed by atoms with Crippen LogP contribution in [-0.2, 0) is 0 Å². The molecular weight excluding hydrogens is 228 g/mol. The van der Waals surface area contributed by atoms with Gasteiger partial charge in [-0.1, -0.05) is 18.5 Å². The van der Waals surface area contributed by atoms with E-state index in [2.05, 4.69) is 22.0 Å². The van der Waals surface area contributed by atoms with E-state index in [0.29, 0.717) is 11.7 Å². The van der Waals surface area contributed by atoms with Gasteiger partial charge in [0.1, 0.15) is 5.69 Å². The zero-order valence-corrected chi connectivity index (χ0v) is 10.7. The van der Waals surface area contributed by atoms with E-state index < -0.39 is 0 Å². The molecule has 1 heterocycles. The Morgan fingerprint density at radius 1 is 1.56 bits per heavy atom. The number of aromatic nitrogens is 1. The highest BCUT2D eigenvalue weighted by molar-refractivity contribution is 5.95. The van der Waals surface area contributed by atoms with Gasteiger partial charge in [0.05, 0.1) is 11.9 Å². The minimum Gasteiger partial charge on any atom is -0.409 e. The van der Waals surface area contributed by atoms with Gasteiger partial charge < -0.3 is 15.8 Å². The molecule has 5 nitrogen and oxygen atoms in total.